The van der Waals surface area contributed by atoms with Gasteiger partial charge in [-0.05, 0) is 54.7 Å². The molecule has 2 N–H and O–H groups in total. The molecule has 1 amide bonds. The molecule has 4 aromatic rings. The van der Waals surface area contributed by atoms with E-state index in [0.29, 0.717) is 39.3 Å². The molecule has 10 nitrogen and oxygen atoms in total. The van der Waals surface area contributed by atoms with Crippen molar-refractivity contribution in [1.82, 2.24) is 10.3 Å². The monoisotopic (exact) mass is 529 g/mol. The normalized spacial score (nSPS) is 16.7. The van der Waals surface area contributed by atoms with Crippen molar-refractivity contribution in [3.05, 3.63) is 101 Å². The second kappa shape index (κ2) is 10.3. The summed E-state index contributed by atoms with van der Waals surface area (Å²) in [6.07, 6.45) is 1.71. The SMILES string of the molecule is COc1ccc(N2C(=S)N[C@H](c3ccccn3)[C@H]2c2ccc(-c3cccc([N+](=O)[O-])c3)o2)cc1NC(C)=O. The predicted molar refractivity (Wildman–Crippen MR) is 146 cm³/mol. The van der Waals surface area contributed by atoms with Crippen LogP contribution in [0.5, 0.6) is 5.75 Å². The number of nitro benzene ring substituents is 1. The van der Waals surface area contributed by atoms with Crippen LogP contribution in [0.2, 0.25) is 0 Å². The van der Waals surface area contributed by atoms with E-state index >= 15 is 0 Å². The van der Waals surface area contributed by atoms with Crippen molar-refractivity contribution in [3.8, 4) is 17.1 Å². The van der Waals surface area contributed by atoms with Gasteiger partial charge in [-0.3, -0.25) is 19.9 Å². The lowest BCUT2D eigenvalue weighted by Gasteiger charge is -2.27. The van der Waals surface area contributed by atoms with E-state index in [2.05, 4.69) is 15.6 Å². The molecule has 0 unspecified atom stereocenters. The first-order chi connectivity index (χ1) is 18.4. The first-order valence-corrected chi connectivity index (χ1v) is 12.1. The number of carbonyl (C=O) groups is 1. The first kappa shape index (κ1) is 24.9. The van der Waals surface area contributed by atoms with Crippen molar-refractivity contribution in [2.75, 3.05) is 17.3 Å². The Labute approximate surface area is 223 Å². The zero-order valence-electron chi connectivity index (χ0n) is 20.5. The van der Waals surface area contributed by atoms with Crippen LogP contribution in [0.3, 0.4) is 0 Å². The third-order valence-corrected chi connectivity index (χ3v) is 6.44. The fourth-order valence-electron chi connectivity index (χ4n) is 4.49. The van der Waals surface area contributed by atoms with E-state index in [4.69, 9.17) is 21.4 Å². The number of non-ortho nitro benzene ring substituents is 1. The van der Waals surface area contributed by atoms with Crippen LogP contribution in [-0.4, -0.2) is 28.0 Å². The Morgan fingerprint density at radius 2 is 2.00 bits per heavy atom. The van der Waals surface area contributed by atoms with E-state index in [1.54, 1.807) is 36.5 Å². The highest BCUT2D eigenvalue weighted by Crippen LogP contribution is 2.44. The fraction of sp³-hybridized carbons (Fsp3) is 0.148. The molecule has 0 radical (unpaired) electrons. The van der Waals surface area contributed by atoms with Crippen LogP contribution in [0.1, 0.15) is 30.5 Å². The Balaban J connectivity index is 1.60. The quantitative estimate of drug-likeness (QED) is 0.184. The maximum Gasteiger partial charge on any atom is 0.270 e. The average molecular weight is 530 g/mol. The summed E-state index contributed by atoms with van der Waals surface area (Å²) in [6, 6.07) is 20.1. The molecule has 0 saturated carbocycles. The lowest BCUT2D eigenvalue weighted by atomic mass is 10.0. The molecule has 1 aliphatic rings. The summed E-state index contributed by atoms with van der Waals surface area (Å²) in [6.45, 7) is 1.42. The van der Waals surface area contributed by atoms with Gasteiger partial charge in [0.2, 0.25) is 5.91 Å². The molecule has 1 aliphatic heterocycles. The number of methoxy groups -OCH3 is 1. The Kier molecular flexibility index (Phi) is 6.75. The Bertz CT molecular complexity index is 1520. The highest BCUT2D eigenvalue weighted by Gasteiger charge is 2.42. The van der Waals surface area contributed by atoms with E-state index in [-0.39, 0.29) is 17.6 Å². The van der Waals surface area contributed by atoms with Gasteiger partial charge in [-0.1, -0.05) is 18.2 Å². The number of aromatic nitrogens is 1. The number of hydrogen-bond donors (Lipinski definition) is 2. The van der Waals surface area contributed by atoms with Gasteiger partial charge in [0.05, 0.1) is 29.5 Å². The molecule has 192 valence electrons. The van der Waals surface area contributed by atoms with Crippen LogP contribution < -0.4 is 20.3 Å². The number of pyridine rings is 1. The molecule has 3 heterocycles. The summed E-state index contributed by atoms with van der Waals surface area (Å²) in [5.41, 5.74) is 2.50. The van der Waals surface area contributed by atoms with Gasteiger partial charge in [-0.2, -0.15) is 0 Å². The fourth-order valence-corrected chi connectivity index (χ4v) is 4.84. The molecule has 0 spiro atoms. The summed E-state index contributed by atoms with van der Waals surface area (Å²) < 4.78 is 11.7. The van der Waals surface area contributed by atoms with Gasteiger partial charge in [0.15, 0.2) is 5.11 Å². The number of nitro groups is 1. The Morgan fingerprint density at radius 1 is 1.16 bits per heavy atom. The number of ether oxygens (including phenoxy) is 1. The van der Waals surface area contributed by atoms with Gasteiger partial charge in [0, 0.05) is 36.5 Å². The van der Waals surface area contributed by atoms with E-state index in [1.165, 1.54) is 26.2 Å². The predicted octanol–water partition coefficient (Wildman–Crippen LogP) is 5.39. The van der Waals surface area contributed by atoms with Gasteiger partial charge in [0.25, 0.3) is 5.69 Å². The van der Waals surface area contributed by atoms with E-state index in [0.717, 1.165) is 5.69 Å². The lowest BCUT2D eigenvalue weighted by Crippen LogP contribution is -2.29. The molecular weight excluding hydrogens is 506 g/mol. The average Bonchev–Trinajstić information content (AvgIpc) is 3.53. The third-order valence-electron chi connectivity index (χ3n) is 6.13. The zero-order valence-corrected chi connectivity index (χ0v) is 21.3. The maximum atomic E-state index is 11.8. The number of furan rings is 1. The number of amides is 1. The molecule has 2 aromatic carbocycles. The van der Waals surface area contributed by atoms with Crippen LogP contribution in [0.15, 0.2) is 83.4 Å². The minimum Gasteiger partial charge on any atom is -0.495 e. The van der Waals surface area contributed by atoms with Gasteiger partial charge >= 0.3 is 0 Å². The van der Waals surface area contributed by atoms with Crippen molar-refractivity contribution < 1.29 is 18.9 Å². The first-order valence-electron chi connectivity index (χ1n) is 11.7. The van der Waals surface area contributed by atoms with Gasteiger partial charge < -0.3 is 24.7 Å². The number of hydrogen-bond acceptors (Lipinski definition) is 7. The second-order valence-corrected chi connectivity index (χ2v) is 8.96. The molecule has 5 rings (SSSR count). The van der Waals surface area contributed by atoms with Gasteiger partial charge in [-0.15, -0.1) is 0 Å². The van der Waals surface area contributed by atoms with Crippen molar-refractivity contribution in [1.29, 1.82) is 0 Å². The molecule has 0 aliphatic carbocycles. The summed E-state index contributed by atoms with van der Waals surface area (Å²) in [4.78, 5) is 29.1. The number of nitrogens with one attached hydrogen (secondary N) is 2. The zero-order chi connectivity index (χ0) is 26.8. The molecule has 1 fully saturated rings. The van der Waals surface area contributed by atoms with E-state index in [9.17, 15) is 14.9 Å². The molecule has 11 heteroatoms. The molecule has 2 aromatic heterocycles. The number of thiocarbonyl (C=S) groups is 1. The minimum atomic E-state index is -0.455. The summed E-state index contributed by atoms with van der Waals surface area (Å²) in [5.74, 6) is 1.32. The Morgan fingerprint density at radius 3 is 2.71 bits per heavy atom. The van der Waals surface area contributed by atoms with Gasteiger partial charge in [-0.25, -0.2) is 0 Å². The number of nitrogens with zero attached hydrogens (tertiary/aromatic N) is 3. The largest absolute Gasteiger partial charge is 0.495 e. The Hall–Kier alpha value is -4.77. The molecule has 0 bridgehead atoms. The van der Waals surface area contributed by atoms with Crippen molar-refractivity contribution in [2.24, 2.45) is 0 Å². The van der Waals surface area contributed by atoms with E-state index < -0.39 is 11.0 Å². The van der Waals surface area contributed by atoms with Crippen LogP contribution in [-0.2, 0) is 4.79 Å². The van der Waals surface area contributed by atoms with E-state index in [1.807, 2.05) is 35.2 Å². The van der Waals surface area contributed by atoms with Gasteiger partial charge in [0.1, 0.15) is 23.3 Å². The van der Waals surface area contributed by atoms with Crippen LogP contribution >= 0.6 is 12.2 Å². The molecule has 38 heavy (non-hydrogen) atoms. The van der Waals surface area contributed by atoms with Crippen molar-refractivity contribution in [2.45, 2.75) is 19.0 Å². The standard InChI is InChI=1S/C27H23N5O5S/c1-16(33)29-21-15-18(9-10-23(21)36-2)31-26(25(30-27(31)38)20-8-3-4-13-28-20)24-12-11-22(37-24)17-6-5-7-19(14-17)32(34)35/h3-15,25-26H,1-2H3,(H,29,33)(H,30,38)/t25-,26-/m1/s1. The van der Waals surface area contributed by atoms with Crippen LogP contribution in [0, 0.1) is 10.1 Å². The third kappa shape index (κ3) is 4.78. The highest BCUT2D eigenvalue weighted by atomic mass is 32.1. The molecule has 2 atom stereocenters. The van der Waals surface area contributed by atoms with Crippen molar-refractivity contribution in [3.63, 3.8) is 0 Å². The van der Waals surface area contributed by atoms with Crippen molar-refractivity contribution >= 4 is 40.3 Å². The smallest absolute Gasteiger partial charge is 0.270 e. The highest BCUT2D eigenvalue weighted by molar-refractivity contribution is 7.80. The number of carbonyl (C=O) groups excluding carboxylic acids is 1. The summed E-state index contributed by atoms with van der Waals surface area (Å²) >= 11 is 5.77. The molecule has 1 saturated heterocycles. The maximum absolute atomic E-state index is 11.8. The summed E-state index contributed by atoms with van der Waals surface area (Å²) in [5, 5.41) is 17.9. The number of rotatable bonds is 7. The second-order valence-electron chi connectivity index (χ2n) is 8.57. The van der Waals surface area contributed by atoms with Crippen LogP contribution in [0.4, 0.5) is 17.1 Å². The number of benzene rings is 2. The summed E-state index contributed by atoms with van der Waals surface area (Å²) in [7, 11) is 1.53. The van der Waals surface area contributed by atoms with Crippen LogP contribution in [0.25, 0.3) is 11.3 Å². The molecular formula is C27H23N5O5S. The topological polar surface area (TPSA) is 123 Å². The number of anilines is 2. The lowest BCUT2D eigenvalue weighted by molar-refractivity contribution is -0.384. The minimum absolute atomic E-state index is 0.0270.